The molecule has 1 aromatic rings. The number of nitrogens with one attached hydrogen (secondary N) is 1. The van der Waals surface area contributed by atoms with Crippen molar-refractivity contribution < 1.29 is 18.7 Å². The summed E-state index contributed by atoms with van der Waals surface area (Å²) in [6, 6.07) is 5.71. The SMILES string of the molecule is O=C(COC(=O)c1ccccc1F)NC1CCCCC1. The molecule has 2 rings (SSSR count). The van der Waals surface area contributed by atoms with Gasteiger partial charge in [-0.3, -0.25) is 4.79 Å². The maximum Gasteiger partial charge on any atom is 0.341 e. The molecule has 1 amide bonds. The van der Waals surface area contributed by atoms with Gasteiger partial charge in [-0.05, 0) is 25.0 Å². The Morgan fingerprint density at radius 1 is 1.20 bits per heavy atom. The van der Waals surface area contributed by atoms with Gasteiger partial charge in [0.25, 0.3) is 5.91 Å². The lowest BCUT2D eigenvalue weighted by Crippen LogP contribution is -2.38. The van der Waals surface area contributed by atoms with Gasteiger partial charge in [0.05, 0.1) is 5.56 Å². The summed E-state index contributed by atoms with van der Waals surface area (Å²) in [4.78, 5) is 23.3. The number of hydrogen-bond donors (Lipinski definition) is 1. The van der Waals surface area contributed by atoms with Crippen LogP contribution in [0.1, 0.15) is 42.5 Å². The van der Waals surface area contributed by atoms with E-state index in [0.29, 0.717) is 0 Å². The minimum absolute atomic E-state index is 0.155. The fraction of sp³-hybridized carbons (Fsp3) is 0.467. The number of benzene rings is 1. The molecule has 0 aromatic heterocycles. The summed E-state index contributed by atoms with van der Waals surface area (Å²) in [5.74, 6) is -1.80. The zero-order chi connectivity index (χ0) is 14.4. The molecule has 0 radical (unpaired) electrons. The van der Waals surface area contributed by atoms with Crippen LogP contribution in [0.3, 0.4) is 0 Å². The number of hydrogen-bond acceptors (Lipinski definition) is 3. The molecule has 1 N–H and O–H groups in total. The summed E-state index contributed by atoms with van der Waals surface area (Å²) in [5.41, 5.74) is -0.155. The Balaban J connectivity index is 1.78. The van der Waals surface area contributed by atoms with E-state index in [4.69, 9.17) is 4.74 Å². The fourth-order valence-corrected chi connectivity index (χ4v) is 2.35. The lowest BCUT2D eigenvalue weighted by molar-refractivity contribution is -0.125. The second kappa shape index (κ2) is 7.03. The standard InChI is InChI=1S/C15H18FNO3/c16-13-9-5-4-8-12(13)15(19)20-10-14(18)17-11-6-2-1-3-7-11/h4-5,8-9,11H,1-3,6-7,10H2,(H,17,18). The molecule has 4 nitrogen and oxygen atoms in total. The number of carbonyl (C=O) groups excluding carboxylic acids is 2. The first-order chi connectivity index (χ1) is 9.66. The van der Waals surface area contributed by atoms with E-state index in [1.807, 2.05) is 0 Å². The quantitative estimate of drug-likeness (QED) is 0.861. The van der Waals surface area contributed by atoms with Gasteiger partial charge in [0.2, 0.25) is 0 Å². The summed E-state index contributed by atoms with van der Waals surface area (Å²) in [6.07, 6.45) is 5.36. The van der Waals surface area contributed by atoms with Crippen molar-refractivity contribution in [3.8, 4) is 0 Å². The van der Waals surface area contributed by atoms with Gasteiger partial charge in [-0.1, -0.05) is 31.4 Å². The Morgan fingerprint density at radius 2 is 1.90 bits per heavy atom. The average molecular weight is 279 g/mol. The fourth-order valence-electron chi connectivity index (χ4n) is 2.35. The molecule has 20 heavy (non-hydrogen) atoms. The molecule has 1 aliphatic carbocycles. The first-order valence-corrected chi connectivity index (χ1v) is 6.88. The van der Waals surface area contributed by atoms with Crippen LogP contribution in [0, 0.1) is 5.82 Å². The van der Waals surface area contributed by atoms with Crippen molar-refractivity contribution in [1.82, 2.24) is 5.32 Å². The Bertz CT molecular complexity index is 484. The lowest BCUT2D eigenvalue weighted by atomic mass is 9.95. The summed E-state index contributed by atoms with van der Waals surface area (Å²) < 4.78 is 18.2. The highest BCUT2D eigenvalue weighted by atomic mass is 19.1. The molecule has 0 aliphatic heterocycles. The third kappa shape index (κ3) is 4.05. The minimum Gasteiger partial charge on any atom is -0.452 e. The predicted octanol–water partition coefficient (Wildman–Crippen LogP) is 2.43. The van der Waals surface area contributed by atoms with Gasteiger partial charge in [0, 0.05) is 6.04 Å². The topological polar surface area (TPSA) is 55.4 Å². The van der Waals surface area contributed by atoms with Gasteiger partial charge in [-0.15, -0.1) is 0 Å². The average Bonchev–Trinajstić information content (AvgIpc) is 2.46. The van der Waals surface area contributed by atoms with Crippen LogP contribution in [-0.2, 0) is 9.53 Å². The minimum atomic E-state index is -0.818. The Hall–Kier alpha value is -1.91. The second-order valence-electron chi connectivity index (χ2n) is 4.96. The summed E-state index contributed by atoms with van der Waals surface area (Å²) >= 11 is 0. The normalized spacial score (nSPS) is 15.7. The van der Waals surface area contributed by atoms with Crippen molar-refractivity contribution >= 4 is 11.9 Å². The molecule has 0 bridgehead atoms. The number of esters is 1. The zero-order valence-corrected chi connectivity index (χ0v) is 11.2. The molecule has 1 aromatic carbocycles. The third-order valence-electron chi connectivity index (χ3n) is 3.40. The molecular weight excluding hydrogens is 261 g/mol. The largest absolute Gasteiger partial charge is 0.452 e. The first kappa shape index (κ1) is 14.5. The Morgan fingerprint density at radius 3 is 2.60 bits per heavy atom. The van der Waals surface area contributed by atoms with Crippen LogP contribution in [0.15, 0.2) is 24.3 Å². The molecular formula is C15H18FNO3. The highest BCUT2D eigenvalue weighted by Crippen LogP contribution is 2.17. The third-order valence-corrected chi connectivity index (χ3v) is 3.40. The molecule has 1 saturated carbocycles. The van der Waals surface area contributed by atoms with Crippen LogP contribution in [0.4, 0.5) is 4.39 Å². The molecule has 108 valence electrons. The van der Waals surface area contributed by atoms with Crippen LogP contribution in [-0.4, -0.2) is 24.5 Å². The second-order valence-corrected chi connectivity index (χ2v) is 4.96. The van der Waals surface area contributed by atoms with E-state index < -0.39 is 11.8 Å². The summed E-state index contributed by atoms with van der Waals surface area (Å²) in [6.45, 7) is -0.371. The molecule has 0 spiro atoms. The smallest absolute Gasteiger partial charge is 0.341 e. The van der Waals surface area contributed by atoms with Crippen LogP contribution >= 0.6 is 0 Å². The van der Waals surface area contributed by atoms with Crippen molar-refractivity contribution in [1.29, 1.82) is 0 Å². The Labute approximate surface area is 117 Å². The van der Waals surface area contributed by atoms with E-state index in [2.05, 4.69) is 5.32 Å². The van der Waals surface area contributed by atoms with E-state index in [1.165, 1.54) is 24.6 Å². The van der Waals surface area contributed by atoms with Crippen LogP contribution in [0.5, 0.6) is 0 Å². The predicted molar refractivity (Wildman–Crippen MR) is 71.7 cm³/mol. The van der Waals surface area contributed by atoms with Crippen molar-refractivity contribution in [2.45, 2.75) is 38.1 Å². The van der Waals surface area contributed by atoms with Crippen molar-refractivity contribution in [2.24, 2.45) is 0 Å². The number of ether oxygens (including phenoxy) is 1. The van der Waals surface area contributed by atoms with Crippen LogP contribution in [0.2, 0.25) is 0 Å². The van der Waals surface area contributed by atoms with Crippen molar-refractivity contribution in [2.75, 3.05) is 6.61 Å². The van der Waals surface area contributed by atoms with Crippen molar-refractivity contribution in [3.05, 3.63) is 35.6 Å². The van der Waals surface area contributed by atoms with E-state index in [1.54, 1.807) is 6.07 Å². The number of amides is 1. The number of carbonyl (C=O) groups is 2. The highest BCUT2D eigenvalue weighted by molar-refractivity contribution is 5.91. The summed E-state index contributed by atoms with van der Waals surface area (Å²) in [5, 5.41) is 2.83. The van der Waals surface area contributed by atoms with E-state index >= 15 is 0 Å². The molecule has 1 aliphatic rings. The van der Waals surface area contributed by atoms with Gasteiger partial charge in [0.15, 0.2) is 6.61 Å². The number of halogens is 1. The zero-order valence-electron chi connectivity index (χ0n) is 11.2. The van der Waals surface area contributed by atoms with E-state index in [0.717, 1.165) is 25.7 Å². The van der Waals surface area contributed by atoms with Crippen LogP contribution in [0.25, 0.3) is 0 Å². The Kier molecular flexibility index (Phi) is 5.09. The van der Waals surface area contributed by atoms with Gasteiger partial charge >= 0.3 is 5.97 Å². The first-order valence-electron chi connectivity index (χ1n) is 6.88. The maximum atomic E-state index is 13.3. The van der Waals surface area contributed by atoms with E-state index in [-0.39, 0.29) is 24.1 Å². The summed E-state index contributed by atoms with van der Waals surface area (Å²) in [7, 11) is 0. The van der Waals surface area contributed by atoms with Gasteiger partial charge in [-0.2, -0.15) is 0 Å². The lowest BCUT2D eigenvalue weighted by Gasteiger charge is -2.22. The molecule has 0 saturated heterocycles. The maximum absolute atomic E-state index is 13.3. The van der Waals surface area contributed by atoms with Crippen LogP contribution < -0.4 is 5.32 Å². The van der Waals surface area contributed by atoms with Gasteiger partial charge in [-0.25, -0.2) is 9.18 Å². The van der Waals surface area contributed by atoms with Gasteiger partial charge in [0.1, 0.15) is 5.82 Å². The molecule has 0 heterocycles. The molecule has 0 atom stereocenters. The molecule has 5 heteroatoms. The van der Waals surface area contributed by atoms with Crippen molar-refractivity contribution in [3.63, 3.8) is 0 Å². The monoisotopic (exact) mass is 279 g/mol. The highest BCUT2D eigenvalue weighted by Gasteiger charge is 2.18. The van der Waals surface area contributed by atoms with E-state index in [9.17, 15) is 14.0 Å². The molecule has 0 unspecified atom stereocenters. The number of rotatable bonds is 4. The molecule has 1 fully saturated rings. The van der Waals surface area contributed by atoms with Gasteiger partial charge < -0.3 is 10.1 Å².